The Morgan fingerprint density at radius 1 is 2.00 bits per heavy atom. The molecule has 0 spiro atoms. The Labute approximate surface area is 52.4 Å². The van der Waals surface area contributed by atoms with Gasteiger partial charge in [-0.15, -0.1) is 0 Å². The SMILES string of the molecule is C[C@@H]1CSC(=S)O1. The molecular weight excluding hydrogens is 128 g/mol. The van der Waals surface area contributed by atoms with Crippen LogP contribution in [0.4, 0.5) is 0 Å². The van der Waals surface area contributed by atoms with Crippen molar-refractivity contribution in [3.8, 4) is 0 Å². The summed E-state index contributed by atoms with van der Waals surface area (Å²) in [5.41, 5.74) is 0. The van der Waals surface area contributed by atoms with Gasteiger partial charge in [0.25, 0.3) is 0 Å². The van der Waals surface area contributed by atoms with E-state index in [9.17, 15) is 0 Å². The highest BCUT2D eigenvalue weighted by Crippen LogP contribution is 2.18. The molecule has 1 aliphatic heterocycles. The molecule has 1 atom stereocenters. The van der Waals surface area contributed by atoms with Crippen LogP contribution < -0.4 is 0 Å². The minimum absolute atomic E-state index is 0.345. The van der Waals surface area contributed by atoms with Crippen LogP contribution in [0, 0.1) is 0 Å². The lowest BCUT2D eigenvalue weighted by atomic mass is 10.5. The average Bonchev–Trinajstić information content (AvgIpc) is 1.87. The number of hydrogen-bond donors (Lipinski definition) is 0. The minimum Gasteiger partial charge on any atom is -0.475 e. The first-order valence-electron chi connectivity index (χ1n) is 2.12. The first-order valence-corrected chi connectivity index (χ1v) is 3.52. The number of hydrogen-bond acceptors (Lipinski definition) is 3. The van der Waals surface area contributed by atoms with E-state index in [1.165, 1.54) is 0 Å². The quantitative estimate of drug-likeness (QED) is 0.464. The van der Waals surface area contributed by atoms with Crippen LogP contribution in [0.25, 0.3) is 0 Å². The summed E-state index contributed by atoms with van der Waals surface area (Å²) in [6.45, 7) is 2.02. The molecule has 0 aromatic heterocycles. The number of ether oxygens (including phenoxy) is 1. The van der Waals surface area contributed by atoms with Gasteiger partial charge in [-0.05, 0) is 19.1 Å². The van der Waals surface area contributed by atoms with Gasteiger partial charge in [0.05, 0.1) is 0 Å². The molecule has 0 aromatic rings. The third kappa shape index (κ3) is 1.31. The zero-order chi connectivity index (χ0) is 5.28. The lowest BCUT2D eigenvalue weighted by Crippen LogP contribution is -2.00. The molecule has 3 heteroatoms. The van der Waals surface area contributed by atoms with E-state index in [4.69, 9.17) is 17.0 Å². The highest BCUT2D eigenvalue weighted by atomic mass is 32.2. The Kier molecular flexibility index (Phi) is 1.54. The first kappa shape index (κ1) is 5.38. The smallest absolute Gasteiger partial charge is 0.220 e. The Hall–Kier alpha value is 0.240. The second-order valence-corrected chi connectivity index (χ2v) is 3.11. The molecule has 0 amide bonds. The number of rotatable bonds is 0. The van der Waals surface area contributed by atoms with Crippen LogP contribution in [-0.4, -0.2) is 16.2 Å². The topological polar surface area (TPSA) is 9.23 Å². The molecule has 0 unspecified atom stereocenters. The van der Waals surface area contributed by atoms with Gasteiger partial charge in [-0.25, -0.2) is 0 Å². The second kappa shape index (κ2) is 2.01. The molecule has 1 saturated heterocycles. The Morgan fingerprint density at radius 3 is 2.86 bits per heavy atom. The van der Waals surface area contributed by atoms with E-state index < -0.39 is 0 Å². The van der Waals surface area contributed by atoms with Crippen molar-refractivity contribution in [1.29, 1.82) is 0 Å². The summed E-state index contributed by atoms with van der Waals surface area (Å²) in [5.74, 6) is 1.03. The maximum atomic E-state index is 5.06. The third-order valence-electron chi connectivity index (χ3n) is 0.733. The highest BCUT2D eigenvalue weighted by Gasteiger charge is 2.14. The predicted molar refractivity (Wildman–Crippen MR) is 35.6 cm³/mol. The Bertz CT molecular complexity index is 91.7. The van der Waals surface area contributed by atoms with Crippen LogP contribution in [0.15, 0.2) is 0 Å². The largest absolute Gasteiger partial charge is 0.475 e. The van der Waals surface area contributed by atoms with Crippen LogP contribution in [-0.2, 0) is 4.74 Å². The molecule has 1 rings (SSSR count). The van der Waals surface area contributed by atoms with E-state index in [0.717, 1.165) is 5.75 Å². The first-order chi connectivity index (χ1) is 3.29. The van der Waals surface area contributed by atoms with E-state index in [1.54, 1.807) is 11.8 Å². The molecule has 0 bridgehead atoms. The van der Waals surface area contributed by atoms with Crippen LogP contribution >= 0.6 is 24.0 Å². The van der Waals surface area contributed by atoms with E-state index >= 15 is 0 Å². The van der Waals surface area contributed by atoms with Gasteiger partial charge in [-0.3, -0.25) is 0 Å². The van der Waals surface area contributed by atoms with Crippen molar-refractivity contribution in [1.82, 2.24) is 0 Å². The summed E-state index contributed by atoms with van der Waals surface area (Å²) in [6.07, 6.45) is 0.345. The van der Waals surface area contributed by atoms with Gasteiger partial charge < -0.3 is 4.74 Å². The van der Waals surface area contributed by atoms with E-state index in [1.807, 2.05) is 6.92 Å². The lowest BCUT2D eigenvalue weighted by molar-refractivity contribution is 0.258. The predicted octanol–water partition coefficient (Wildman–Crippen LogP) is 1.42. The summed E-state index contributed by atoms with van der Waals surface area (Å²) < 4.78 is 5.76. The summed E-state index contributed by atoms with van der Waals surface area (Å²) >= 11 is 6.35. The zero-order valence-electron chi connectivity index (χ0n) is 4.01. The molecule has 1 nitrogen and oxygen atoms in total. The molecule has 40 valence electrons. The molecule has 1 aliphatic rings. The maximum absolute atomic E-state index is 5.06. The van der Waals surface area contributed by atoms with Gasteiger partial charge in [0.15, 0.2) is 0 Å². The van der Waals surface area contributed by atoms with Crippen molar-refractivity contribution >= 4 is 28.4 Å². The Balaban J connectivity index is 2.40. The fraction of sp³-hybridized carbons (Fsp3) is 0.750. The van der Waals surface area contributed by atoms with Gasteiger partial charge in [-0.2, -0.15) is 0 Å². The van der Waals surface area contributed by atoms with Crippen LogP contribution in [0.5, 0.6) is 0 Å². The van der Waals surface area contributed by atoms with Crippen molar-refractivity contribution in [2.75, 3.05) is 5.75 Å². The van der Waals surface area contributed by atoms with E-state index in [2.05, 4.69) is 0 Å². The molecular formula is C4H6OS2. The number of thiocarbonyl (C=S) groups is 1. The fourth-order valence-corrected chi connectivity index (χ4v) is 1.46. The second-order valence-electron chi connectivity index (χ2n) is 1.49. The molecule has 1 heterocycles. The third-order valence-corrected chi connectivity index (χ3v) is 2.15. The molecule has 0 saturated carbocycles. The van der Waals surface area contributed by atoms with Gasteiger partial charge in [0.2, 0.25) is 4.38 Å². The summed E-state index contributed by atoms with van der Waals surface area (Å²) in [5, 5.41) is 0. The van der Waals surface area contributed by atoms with Gasteiger partial charge >= 0.3 is 0 Å². The minimum atomic E-state index is 0.345. The molecule has 0 aliphatic carbocycles. The standard InChI is InChI=1S/C4H6OS2/c1-3-2-7-4(6)5-3/h3H,2H2,1H3/t3-/m1/s1. The van der Waals surface area contributed by atoms with E-state index in [0.29, 0.717) is 10.5 Å². The lowest BCUT2D eigenvalue weighted by Gasteiger charge is -1.96. The van der Waals surface area contributed by atoms with Crippen LogP contribution in [0.1, 0.15) is 6.92 Å². The highest BCUT2D eigenvalue weighted by molar-refractivity contribution is 8.22. The molecule has 0 aromatic carbocycles. The molecule has 1 fully saturated rings. The monoisotopic (exact) mass is 134 g/mol. The molecule has 7 heavy (non-hydrogen) atoms. The van der Waals surface area contributed by atoms with Crippen LogP contribution in [0.2, 0.25) is 0 Å². The van der Waals surface area contributed by atoms with Crippen LogP contribution in [0.3, 0.4) is 0 Å². The molecule has 0 N–H and O–H groups in total. The zero-order valence-corrected chi connectivity index (χ0v) is 5.64. The van der Waals surface area contributed by atoms with Crippen molar-refractivity contribution in [2.24, 2.45) is 0 Å². The Morgan fingerprint density at radius 2 is 2.71 bits per heavy atom. The number of thioether (sulfide) groups is 1. The average molecular weight is 134 g/mol. The van der Waals surface area contributed by atoms with Gasteiger partial charge in [0, 0.05) is 5.75 Å². The fourth-order valence-electron chi connectivity index (χ4n) is 0.418. The summed E-state index contributed by atoms with van der Waals surface area (Å²) in [6, 6.07) is 0. The van der Waals surface area contributed by atoms with Crippen molar-refractivity contribution < 1.29 is 4.74 Å². The van der Waals surface area contributed by atoms with Crippen molar-refractivity contribution in [2.45, 2.75) is 13.0 Å². The van der Waals surface area contributed by atoms with Crippen molar-refractivity contribution in [3.63, 3.8) is 0 Å². The molecule has 0 radical (unpaired) electrons. The van der Waals surface area contributed by atoms with Gasteiger partial charge in [-0.1, -0.05) is 11.8 Å². The normalized spacial score (nSPS) is 30.4. The maximum Gasteiger partial charge on any atom is 0.220 e. The van der Waals surface area contributed by atoms with Crippen molar-refractivity contribution in [3.05, 3.63) is 0 Å². The van der Waals surface area contributed by atoms with E-state index in [-0.39, 0.29) is 0 Å². The summed E-state index contributed by atoms with van der Waals surface area (Å²) in [7, 11) is 0. The van der Waals surface area contributed by atoms with Gasteiger partial charge in [0.1, 0.15) is 6.10 Å². The summed E-state index contributed by atoms with van der Waals surface area (Å²) in [4.78, 5) is 0.